The molecule has 0 saturated heterocycles. The lowest BCUT2D eigenvalue weighted by atomic mass is 10.1. The maximum absolute atomic E-state index is 11.5. The number of sulfone groups is 1. The number of rotatable bonds is 3. The van der Waals surface area contributed by atoms with Crippen molar-refractivity contribution in [1.82, 2.24) is 9.97 Å². The molecule has 18 heavy (non-hydrogen) atoms. The molecule has 0 aliphatic rings. The predicted molar refractivity (Wildman–Crippen MR) is 70.1 cm³/mol. The van der Waals surface area contributed by atoms with Crippen molar-refractivity contribution in [3.8, 4) is 11.3 Å². The van der Waals surface area contributed by atoms with Gasteiger partial charge in [0.05, 0.1) is 5.69 Å². The molecular weight excluding hydrogens is 250 g/mol. The van der Waals surface area contributed by atoms with Gasteiger partial charge in [-0.2, -0.15) is 0 Å². The lowest BCUT2D eigenvalue weighted by molar-refractivity contribution is 0.593. The van der Waals surface area contributed by atoms with Gasteiger partial charge in [-0.1, -0.05) is 30.3 Å². The standard InChI is InChI=1S/C12H13N3O2S/c1-13-11-8-10(9-6-4-3-5-7-9)14-12(15-11)18(2,16)17/h3-8H,1-2H3,(H,13,14,15). The highest BCUT2D eigenvalue weighted by Gasteiger charge is 2.14. The zero-order valence-electron chi connectivity index (χ0n) is 10.1. The monoisotopic (exact) mass is 263 g/mol. The average Bonchev–Trinajstić information content (AvgIpc) is 2.38. The fraction of sp³-hybridized carbons (Fsp3) is 0.167. The predicted octanol–water partition coefficient (Wildman–Crippen LogP) is 1.59. The molecule has 1 N–H and O–H groups in total. The molecule has 0 bridgehead atoms. The van der Waals surface area contributed by atoms with Crippen LogP contribution in [0.2, 0.25) is 0 Å². The van der Waals surface area contributed by atoms with Gasteiger partial charge in [0, 0.05) is 24.9 Å². The van der Waals surface area contributed by atoms with Crippen molar-refractivity contribution in [2.24, 2.45) is 0 Å². The molecule has 0 unspecified atom stereocenters. The van der Waals surface area contributed by atoms with Gasteiger partial charge in [0.1, 0.15) is 5.82 Å². The third kappa shape index (κ3) is 2.65. The molecule has 1 aromatic heterocycles. The Bertz CT molecular complexity index is 654. The van der Waals surface area contributed by atoms with Crippen LogP contribution in [0, 0.1) is 0 Å². The van der Waals surface area contributed by atoms with Crippen LogP contribution in [0.15, 0.2) is 41.6 Å². The molecule has 0 spiro atoms. The minimum atomic E-state index is -3.43. The van der Waals surface area contributed by atoms with Crippen molar-refractivity contribution < 1.29 is 8.42 Å². The van der Waals surface area contributed by atoms with Crippen molar-refractivity contribution in [2.75, 3.05) is 18.6 Å². The minimum absolute atomic E-state index is 0.173. The topological polar surface area (TPSA) is 72.0 Å². The fourth-order valence-electron chi connectivity index (χ4n) is 1.48. The van der Waals surface area contributed by atoms with Gasteiger partial charge in [0.25, 0.3) is 0 Å². The van der Waals surface area contributed by atoms with Crippen LogP contribution in [0.3, 0.4) is 0 Å². The van der Waals surface area contributed by atoms with Gasteiger partial charge < -0.3 is 5.32 Å². The zero-order chi connectivity index (χ0) is 13.2. The summed E-state index contributed by atoms with van der Waals surface area (Å²) in [6.45, 7) is 0. The van der Waals surface area contributed by atoms with E-state index in [1.54, 1.807) is 13.1 Å². The van der Waals surface area contributed by atoms with Gasteiger partial charge in [-0.25, -0.2) is 18.4 Å². The quantitative estimate of drug-likeness (QED) is 0.851. The van der Waals surface area contributed by atoms with Crippen LogP contribution in [0.5, 0.6) is 0 Å². The number of anilines is 1. The molecule has 0 aliphatic heterocycles. The van der Waals surface area contributed by atoms with Crippen molar-refractivity contribution >= 4 is 15.7 Å². The van der Waals surface area contributed by atoms with E-state index in [0.717, 1.165) is 11.8 Å². The first-order chi connectivity index (χ1) is 8.50. The molecule has 1 heterocycles. The third-order valence-corrected chi connectivity index (χ3v) is 3.21. The molecule has 6 heteroatoms. The van der Waals surface area contributed by atoms with E-state index in [-0.39, 0.29) is 5.16 Å². The summed E-state index contributed by atoms with van der Waals surface area (Å²) < 4.78 is 23.1. The van der Waals surface area contributed by atoms with E-state index in [9.17, 15) is 8.42 Å². The molecule has 0 radical (unpaired) electrons. The van der Waals surface area contributed by atoms with Gasteiger partial charge in [-0.15, -0.1) is 0 Å². The van der Waals surface area contributed by atoms with Crippen molar-refractivity contribution in [3.63, 3.8) is 0 Å². The van der Waals surface area contributed by atoms with Crippen molar-refractivity contribution in [3.05, 3.63) is 36.4 Å². The maximum atomic E-state index is 11.5. The summed E-state index contributed by atoms with van der Waals surface area (Å²) in [7, 11) is -1.74. The number of hydrogen-bond acceptors (Lipinski definition) is 5. The minimum Gasteiger partial charge on any atom is -0.373 e. The molecule has 0 atom stereocenters. The Morgan fingerprint density at radius 2 is 1.78 bits per heavy atom. The summed E-state index contributed by atoms with van der Waals surface area (Å²) in [5.74, 6) is 0.476. The second-order valence-electron chi connectivity index (χ2n) is 3.81. The SMILES string of the molecule is CNc1cc(-c2ccccc2)nc(S(C)(=O)=O)n1. The Labute approximate surface area is 106 Å². The summed E-state index contributed by atoms with van der Waals surface area (Å²) in [5, 5.41) is 2.66. The summed E-state index contributed by atoms with van der Waals surface area (Å²) in [6.07, 6.45) is 1.09. The highest BCUT2D eigenvalue weighted by Crippen LogP contribution is 2.20. The third-order valence-electron chi connectivity index (χ3n) is 2.36. The van der Waals surface area contributed by atoms with E-state index in [4.69, 9.17) is 0 Å². The second kappa shape index (κ2) is 4.73. The molecule has 2 rings (SSSR count). The molecule has 0 amide bonds. The Hall–Kier alpha value is -1.95. The van der Waals surface area contributed by atoms with Crippen molar-refractivity contribution in [1.29, 1.82) is 0 Å². The maximum Gasteiger partial charge on any atom is 0.249 e. The van der Waals surface area contributed by atoms with E-state index in [1.807, 2.05) is 30.3 Å². The number of nitrogens with one attached hydrogen (secondary N) is 1. The molecule has 5 nitrogen and oxygen atoms in total. The Morgan fingerprint density at radius 3 is 2.33 bits per heavy atom. The zero-order valence-corrected chi connectivity index (χ0v) is 10.9. The van der Waals surface area contributed by atoms with Gasteiger partial charge >= 0.3 is 0 Å². The Morgan fingerprint density at radius 1 is 1.11 bits per heavy atom. The summed E-state index contributed by atoms with van der Waals surface area (Å²) >= 11 is 0. The van der Waals surface area contributed by atoms with Crippen LogP contribution in [0.1, 0.15) is 0 Å². The lowest BCUT2D eigenvalue weighted by Gasteiger charge is -2.06. The average molecular weight is 263 g/mol. The molecule has 0 fully saturated rings. The second-order valence-corrected chi connectivity index (χ2v) is 5.72. The Kier molecular flexibility index (Phi) is 3.29. The number of benzene rings is 1. The number of hydrogen-bond donors (Lipinski definition) is 1. The smallest absolute Gasteiger partial charge is 0.249 e. The van der Waals surface area contributed by atoms with Crippen LogP contribution in [-0.2, 0) is 9.84 Å². The van der Waals surface area contributed by atoms with Crippen LogP contribution < -0.4 is 5.32 Å². The van der Waals surface area contributed by atoms with Crippen LogP contribution >= 0.6 is 0 Å². The summed E-state index contributed by atoms with van der Waals surface area (Å²) in [5.41, 5.74) is 1.43. The van der Waals surface area contributed by atoms with E-state index in [1.165, 1.54) is 0 Å². The van der Waals surface area contributed by atoms with Gasteiger partial charge in [-0.05, 0) is 0 Å². The van der Waals surface area contributed by atoms with Gasteiger partial charge in [-0.3, -0.25) is 0 Å². The van der Waals surface area contributed by atoms with Crippen LogP contribution in [0.25, 0.3) is 11.3 Å². The lowest BCUT2D eigenvalue weighted by Crippen LogP contribution is -2.07. The highest BCUT2D eigenvalue weighted by atomic mass is 32.2. The normalized spacial score (nSPS) is 11.2. The van der Waals surface area contributed by atoms with E-state index in [2.05, 4.69) is 15.3 Å². The van der Waals surface area contributed by atoms with E-state index >= 15 is 0 Å². The van der Waals surface area contributed by atoms with Crippen LogP contribution in [0.4, 0.5) is 5.82 Å². The first-order valence-corrected chi connectivity index (χ1v) is 7.22. The molecule has 0 saturated carbocycles. The molecular formula is C12H13N3O2S. The highest BCUT2D eigenvalue weighted by molar-refractivity contribution is 7.90. The fourth-order valence-corrected chi connectivity index (χ4v) is 2.00. The first kappa shape index (κ1) is 12.5. The molecule has 1 aromatic carbocycles. The Balaban J connectivity index is 2.62. The van der Waals surface area contributed by atoms with Crippen molar-refractivity contribution in [2.45, 2.75) is 5.16 Å². The first-order valence-electron chi connectivity index (χ1n) is 5.33. The van der Waals surface area contributed by atoms with E-state index < -0.39 is 9.84 Å². The summed E-state index contributed by atoms with van der Waals surface area (Å²) in [4.78, 5) is 8.02. The summed E-state index contributed by atoms with van der Waals surface area (Å²) in [6, 6.07) is 11.1. The number of nitrogens with zero attached hydrogens (tertiary/aromatic N) is 2. The van der Waals surface area contributed by atoms with Crippen LogP contribution in [-0.4, -0.2) is 31.7 Å². The van der Waals surface area contributed by atoms with Gasteiger partial charge in [0.15, 0.2) is 0 Å². The largest absolute Gasteiger partial charge is 0.373 e. The molecule has 94 valence electrons. The van der Waals surface area contributed by atoms with Gasteiger partial charge in [0.2, 0.25) is 15.0 Å². The molecule has 0 aliphatic carbocycles. The number of aromatic nitrogens is 2. The molecule has 2 aromatic rings. The van der Waals surface area contributed by atoms with E-state index in [0.29, 0.717) is 11.5 Å².